The van der Waals surface area contributed by atoms with Crippen molar-refractivity contribution < 1.29 is 4.42 Å². The van der Waals surface area contributed by atoms with Gasteiger partial charge < -0.3 is 9.73 Å². The van der Waals surface area contributed by atoms with E-state index in [9.17, 15) is 5.41 Å². The van der Waals surface area contributed by atoms with E-state index in [1.807, 2.05) is 103 Å². The largest absolute Gasteiger partial charge is 0.456 e. The minimum absolute atomic E-state index is 0.418. The maximum atomic E-state index is 9.82. The van der Waals surface area contributed by atoms with Crippen LogP contribution in [0.3, 0.4) is 0 Å². The molecule has 0 spiro atoms. The molecule has 2 N–H and O–H groups in total. The van der Waals surface area contributed by atoms with E-state index in [0.717, 1.165) is 94.8 Å². The van der Waals surface area contributed by atoms with Crippen LogP contribution in [-0.2, 0) is 0 Å². The SMILES string of the molecule is N=C(/C(=C1\NC(c2ccccc2)=Cc2ccccc21)c1ccccc1)c1ccc(-c2cc(-c3ccccc3)nc(-c3cccc4oc5ccccc5c34)n2)cc1. The fourth-order valence-electron chi connectivity index (χ4n) is 7.62. The third-order valence-corrected chi connectivity index (χ3v) is 10.3. The molecule has 2 aromatic heterocycles. The van der Waals surface area contributed by atoms with Crippen LogP contribution >= 0.6 is 0 Å². The Morgan fingerprint density at radius 3 is 1.84 bits per heavy atom. The summed E-state index contributed by atoms with van der Waals surface area (Å²) in [7, 11) is 0. The maximum Gasteiger partial charge on any atom is 0.161 e. The summed E-state index contributed by atoms with van der Waals surface area (Å²) in [6, 6.07) is 63.5. The van der Waals surface area contributed by atoms with Gasteiger partial charge in [-0.1, -0.05) is 170 Å². The van der Waals surface area contributed by atoms with Crippen LogP contribution in [0.4, 0.5) is 0 Å². The summed E-state index contributed by atoms with van der Waals surface area (Å²) < 4.78 is 6.24. The Morgan fingerprint density at radius 1 is 0.500 bits per heavy atom. The molecule has 0 bridgehead atoms. The summed E-state index contributed by atoms with van der Waals surface area (Å²) in [5, 5.41) is 15.6. The van der Waals surface area contributed by atoms with Crippen molar-refractivity contribution in [2.75, 3.05) is 0 Å². The van der Waals surface area contributed by atoms with Crippen molar-refractivity contribution in [1.29, 1.82) is 5.41 Å². The molecule has 0 radical (unpaired) electrons. The number of allylic oxidation sites excluding steroid dienone is 1. The van der Waals surface area contributed by atoms with E-state index in [4.69, 9.17) is 14.4 Å². The second-order valence-corrected chi connectivity index (χ2v) is 13.8. The highest BCUT2D eigenvalue weighted by Gasteiger charge is 2.24. The summed E-state index contributed by atoms with van der Waals surface area (Å²) in [6.07, 6.45) is 2.18. The van der Waals surface area contributed by atoms with Crippen LogP contribution < -0.4 is 5.32 Å². The molecule has 0 fully saturated rings. The highest BCUT2D eigenvalue weighted by molar-refractivity contribution is 6.36. The summed E-state index contributed by atoms with van der Waals surface area (Å²) in [5.74, 6) is 0.621. The number of benzene rings is 7. The molecular weight excluding hydrogens is 685 g/mol. The first-order valence-electron chi connectivity index (χ1n) is 18.7. The topological polar surface area (TPSA) is 74.8 Å². The summed E-state index contributed by atoms with van der Waals surface area (Å²) in [6.45, 7) is 0. The molecule has 9 aromatic rings. The van der Waals surface area contributed by atoms with Crippen LogP contribution in [0.25, 0.3) is 78.9 Å². The van der Waals surface area contributed by atoms with Gasteiger partial charge in [-0.05, 0) is 41.0 Å². The first-order valence-corrected chi connectivity index (χ1v) is 18.7. The molecule has 1 aliphatic heterocycles. The first-order chi connectivity index (χ1) is 27.7. The van der Waals surface area contributed by atoms with Crippen LogP contribution in [-0.4, -0.2) is 15.7 Å². The average molecular weight is 719 g/mol. The molecule has 3 heterocycles. The molecule has 264 valence electrons. The second kappa shape index (κ2) is 14.0. The molecule has 0 saturated carbocycles. The standard InChI is InChI=1S/C51H34N4O/c52-49(47(36-19-8-3-9-20-36)50-39-22-11-10-21-38(39)31-42(53-50)33-15-4-1-5-16-33)37-29-27-35(28-30-37)44-32-43(34-17-6-2-7-18-34)54-51(55-44)41-24-14-26-46-48(41)40-23-12-13-25-45(40)56-46/h1-32,52-53H/b50-47-,52-49?. The predicted octanol–water partition coefficient (Wildman–Crippen LogP) is 12.4. The number of hydrogen-bond acceptors (Lipinski definition) is 5. The van der Waals surface area contributed by atoms with Gasteiger partial charge in [-0.25, -0.2) is 9.97 Å². The lowest BCUT2D eigenvalue weighted by molar-refractivity contribution is 0.669. The van der Waals surface area contributed by atoms with Crippen LogP contribution in [0.5, 0.6) is 0 Å². The molecule has 0 unspecified atom stereocenters. The van der Waals surface area contributed by atoms with Gasteiger partial charge in [0.15, 0.2) is 5.82 Å². The van der Waals surface area contributed by atoms with Crippen LogP contribution in [0, 0.1) is 5.41 Å². The third kappa shape index (κ3) is 5.98. The Kier molecular flexibility index (Phi) is 8.23. The minimum Gasteiger partial charge on any atom is -0.456 e. The number of rotatable bonds is 7. The number of furan rings is 1. The fourth-order valence-corrected chi connectivity index (χ4v) is 7.62. The molecule has 0 saturated heterocycles. The number of aromatic nitrogens is 2. The monoisotopic (exact) mass is 718 g/mol. The summed E-state index contributed by atoms with van der Waals surface area (Å²) >= 11 is 0. The molecule has 5 nitrogen and oxygen atoms in total. The van der Waals surface area contributed by atoms with E-state index in [1.54, 1.807) is 0 Å². The van der Waals surface area contributed by atoms with Crippen LogP contribution in [0.1, 0.15) is 27.8 Å². The van der Waals surface area contributed by atoms with Crippen molar-refractivity contribution >= 4 is 50.7 Å². The van der Waals surface area contributed by atoms with E-state index in [2.05, 4.69) is 96.3 Å². The van der Waals surface area contributed by atoms with E-state index in [-0.39, 0.29) is 0 Å². The number of para-hydroxylation sites is 1. The normalized spacial score (nSPS) is 13.2. The van der Waals surface area contributed by atoms with Gasteiger partial charge in [-0.3, -0.25) is 5.41 Å². The van der Waals surface area contributed by atoms with Crippen molar-refractivity contribution in [3.8, 4) is 33.9 Å². The van der Waals surface area contributed by atoms with E-state index < -0.39 is 0 Å². The van der Waals surface area contributed by atoms with Crippen LogP contribution in [0.2, 0.25) is 0 Å². The summed E-state index contributed by atoms with van der Waals surface area (Å²) in [4.78, 5) is 10.3. The van der Waals surface area contributed by atoms with Gasteiger partial charge in [-0.15, -0.1) is 0 Å². The number of nitrogens with one attached hydrogen (secondary N) is 2. The van der Waals surface area contributed by atoms with Gasteiger partial charge in [0.1, 0.15) is 11.2 Å². The third-order valence-electron chi connectivity index (χ3n) is 10.3. The lowest BCUT2D eigenvalue weighted by Gasteiger charge is -2.26. The van der Waals surface area contributed by atoms with E-state index in [0.29, 0.717) is 11.5 Å². The van der Waals surface area contributed by atoms with Gasteiger partial charge in [0.05, 0.1) is 22.8 Å². The van der Waals surface area contributed by atoms with E-state index in [1.165, 1.54) is 0 Å². The lowest BCUT2D eigenvalue weighted by Crippen LogP contribution is -2.20. The number of hydrogen-bond donors (Lipinski definition) is 2. The molecule has 7 aromatic carbocycles. The maximum absolute atomic E-state index is 9.82. The van der Waals surface area contributed by atoms with Crippen molar-refractivity contribution in [2.45, 2.75) is 0 Å². The smallest absolute Gasteiger partial charge is 0.161 e. The van der Waals surface area contributed by atoms with Gasteiger partial charge in [0.2, 0.25) is 0 Å². The first kappa shape index (κ1) is 33.0. The lowest BCUT2D eigenvalue weighted by atomic mass is 9.88. The Morgan fingerprint density at radius 2 is 1.09 bits per heavy atom. The van der Waals surface area contributed by atoms with Gasteiger partial charge in [-0.2, -0.15) is 0 Å². The zero-order valence-corrected chi connectivity index (χ0v) is 30.3. The quantitative estimate of drug-likeness (QED) is 0.161. The fraction of sp³-hybridized carbons (Fsp3) is 0. The molecule has 0 aliphatic carbocycles. The number of nitrogens with zero attached hydrogens (tertiary/aromatic N) is 2. The highest BCUT2D eigenvalue weighted by atomic mass is 16.3. The zero-order valence-electron chi connectivity index (χ0n) is 30.3. The van der Waals surface area contributed by atoms with Crippen molar-refractivity contribution in [3.05, 3.63) is 216 Å². The molecule has 56 heavy (non-hydrogen) atoms. The molecular formula is C51H34N4O. The molecule has 0 atom stereocenters. The van der Waals surface area contributed by atoms with E-state index >= 15 is 0 Å². The van der Waals surface area contributed by atoms with Gasteiger partial charge in [0, 0.05) is 49.9 Å². The molecule has 10 rings (SSSR count). The average Bonchev–Trinajstić information content (AvgIpc) is 3.66. The zero-order chi connectivity index (χ0) is 37.4. The van der Waals surface area contributed by atoms with Crippen molar-refractivity contribution in [1.82, 2.24) is 15.3 Å². The second-order valence-electron chi connectivity index (χ2n) is 13.8. The predicted molar refractivity (Wildman–Crippen MR) is 230 cm³/mol. The Bertz CT molecular complexity index is 2980. The van der Waals surface area contributed by atoms with Crippen LogP contribution in [0.15, 0.2) is 192 Å². The van der Waals surface area contributed by atoms with Gasteiger partial charge >= 0.3 is 0 Å². The molecule has 5 heteroatoms. The van der Waals surface area contributed by atoms with Crippen molar-refractivity contribution in [2.24, 2.45) is 0 Å². The van der Waals surface area contributed by atoms with Crippen molar-refractivity contribution in [3.63, 3.8) is 0 Å². The Hall–Kier alpha value is -7.63. The molecule has 0 amide bonds. The Balaban J connectivity index is 1.09. The molecule has 1 aliphatic rings. The summed E-state index contributed by atoms with van der Waals surface area (Å²) in [5.41, 5.74) is 14.2. The highest BCUT2D eigenvalue weighted by Crippen LogP contribution is 2.39. The van der Waals surface area contributed by atoms with Gasteiger partial charge in [0.25, 0.3) is 0 Å². The Labute approximate surface area is 324 Å². The minimum atomic E-state index is 0.418. The number of fused-ring (bicyclic) bond motifs is 4.